The second-order valence-corrected chi connectivity index (χ2v) is 12.0. The Labute approximate surface area is 234 Å². The number of thiocarbonyl (C=S) groups is 1. The van der Waals surface area contributed by atoms with Crippen molar-refractivity contribution in [2.75, 3.05) is 38.2 Å². The van der Waals surface area contributed by atoms with Gasteiger partial charge < -0.3 is 14.7 Å². The van der Waals surface area contributed by atoms with E-state index in [0.29, 0.717) is 18.6 Å². The third-order valence-corrected chi connectivity index (χ3v) is 9.10. The average molecular weight is 611 g/mol. The highest BCUT2D eigenvalue weighted by Crippen LogP contribution is 2.50. The van der Waals surface area contributed by atoms with E-state index in [1.165, 1.54) is 17.5 Å². The molecule has 0 aromatic heterocycles. The van der Waals surface area contributed by atoms with E-state index in [4.69, 9.17) is 17.0 Å². The normalized spacial score (nSPS) is 18.4. The zero-order valence-corrected chi connectivity index (χ0v) is 23.4. The summed E-state index contributed by atoms with van der Waals surface area (Å²) in [7, 11) is -2.53. The number of benzene rings is 1. The zero-order valence-electron chi connectivity index (χ0n) is 21.8. The van der Waals surface area contributed by atoms with E-state index < -0.39 is 39.6 Å². The molecule has 1 unspecified atom stereocenters. The van der Waals surface area contributed by atoms with Crippen LogP contribution in [0, 0.1) is 17.8 Å². The summed E-state index contributed by atoms with van der Waals surface area (Å²) in [5.41, 5.74) is -6.58. The largest absolute Gasteiger partial charge is 0.430 e. The van der Waals surface area contributed by atoms with Crippen LogP contribution in [0.5, 0.6) is 0 Å². The lowest BCUT2D eigenvalue weighted by Gasteiger charge is -2.37. The van der Waals surface area contributed by atoms with Crippen LogP contribution in [0.4, 0.5) is 32.0 Å². The molecule has 0 bridgehead atoms. The highest BCUT2D eigenvalue weighted by Gasteiger charge is 2.71. The minimum absolute atomic E-state index is 0.0116. The second kappa shape index (κ2) is 11.8. The molecule has 40 heavy (non-hydrogen) atoms. The van der Waals surface area contributed by atoms with Crippen LogP contribution in [-0.4, -0.2) is 74.4 Å². The molecule has 3 rings (SSSR count). The van der Waals surface area contributed by atoms with Crippen LogP contribution < -0.4 is 4.90 Å². The number of ether oxygens (including phenoxy) is 1. The van der Waals surface area contributed by atoms with Crippen LogP contribution in [0.25, 0.3) is 0 Å². The number of alkyl halides is 6. The average Bonchev–Trinajstić information content (AvgIpc) is 2.87. The van der Waals surface area contributed by atoms with Crippen molar-refractivity contribution in [2.45, 2.75) is 44.3 Å². The number of methoxy groups -OCH3 is 1. The minimum atomic E-state index is -6.06. The Bertz CT molecular complexity index is 1340. The lowest BCUT2D eigenvalue weighted by Crippen LogP contribution is -2.54. The first-order chi connectivity index (χ1) is 18.4. The third kappa shape index (κ3) is 6.23. The van der Waals surface area contributed by atoms with Crippen LogP contribution in [0.3, 0.4) is 0 Å². The fourth-order valence-corrected chi connectivity index (χ4v) is 6.36. The van der Waals surface area contributed by atoms with Gasteiger partial charge in [0.05, 0.1) is 10.6 Å². The van der Waals surface area contributed by atoms with Crippen molar-refractivity contribution >= 4 is 32.8 Å². The topological polar surface area (TPSA) is 70.1 Å². The smallest absolute Gasteiger partial charge is 0.369 e. The van der Waals surface area contributed by atoms with Crippen molar-refractivity contribution in [1.82, 2.24) is 4.31 Å². The van der Waals surface area contributed by atoms with Gasteiger partial charge in [-0.1, -0.05) is 56.1 Å². The molecule has 1 aromatic carbocycles. The number of nitrogens with zero attached hydrogens (tertiary/aromatic N) is 2. The van der Waals surface area contributed by atoms with E-state index in [2.05, 4.69) is 11.8 Å². The molecule has 1 fully saturated rings. The van der Waals surface area contributed by atoms with Gasteiger partial charge in [0, 0.05) is 55.7 Å². The Morgan fingerprint density at radius 2 is 1.65 bits per heavy atom. The van der Waals surface area contributed by atoms with Gasteiger partial charge in [0.1, 0.15) is 6.10 Å². The molecule has 1 aromatic rings. The van der Waals surface area contributed by atoms with E-state index in [9.17, 15) is 39.9 Å². The lowest BCUT2D eigenvalue weighted by molar-refractivity contribution is -0.376. The summed E-state index contributed by atoms with van der Waals surface area (Å²) >= 11 is 5.19. The minimum Gasteiger partial charge on any atom is -0.369 e. The first-order valence-electron chi connectivity index (χ1n) is 12.1. The van der Waals surface area contributed by atoms with Gasteiger partial charge in [0.15, 0.2) is 0 Å². The Hall–Kier alpha value is -2.44. The summed E-state index contributed by atoms with van der Waals surface area (Å²) in [6.07, 6.45) is -7.73. The molecule has 14 heteroatoms. The molecular formula is C26H28F6N2O4S2. The molecule has 1 heterocycles. The van der Waals surface area contributed by atoms with Crippen LogP contribution in [0.2, 0.25) is 0 Å². The molecule has 0 amide bonds. The van der Waals surface area contributed by atoms with Gasteiger partial charge in [-0.15, -0.1) is 0 Å². The summed E-state index contributed by atoms with van der Waals surface area (Å²) < 4.78 is 114. The van der Waals surface area contributed by atoms with Gasteiger partial charge in [0.25, 0.3) is 5.60 Å². The molecule has 1 aliphatic carbocycles. The fourth-order valence-electron chi connectivity index (χ4n) is 4.33. The van der Waals surface area contributed by atoms with Gasteiger partial charge in [0.2, 0.25) is 10.0 Å². The van der Waals surface area contributed by atoms with Crippen molar-refractivity contribution in [3.8, 4) is 11.8 Å². The van der Waals surface area contributed by atoms with E-state index in [1.54, 1.807) is 30.9 Å². The molecule has 1 saturated heterocycles. The molecule has 6 nitrogen and oxygen atoms in total. The Morgan fingerprint density at radius 3 is 2.15 bits per heavy atom. The van der Waals surface area contributed by atoms with E-state index >= 15 is 0 Å². The van der Waals surface area contributed by atoms with Gasteiger partial charge in [-0.2, -0.15) is 30.6 Å². The Balaban J connectivity index is 2.01. The molecular weight excluding hydrogens is 582 g/mol. The summed E-state index contributed by atoms with van der Waals surface area (Å²) in [4.78, 5) is 1.91. The van der Waals surface area contributed by atoms with E-state index in [0.717, 1.165) is 6.07 Å². The van der Waals surface area contributed by atoms with Crippen LogP contribution in [0.1, 0.15) is 31.4 Å². The SMILES string of the molecule is COC(C#Cc1cc(C(O)(C(F)(F)F)C(F)(F)F)ccc1N1CCN(S(=O)(=O)C2=CC=CCC2=S)CC1)C(C)C. The molecule has 2 aliphatic rings. The number of piperazine rings is 1. The number of hydrogen-bond acceptors (Lipinski definition) is 6. The van der Waals surface area contributed by atoms with E-state index in [1.807, 2.05) is 0 Å². The highest BCUT2D eigenvalue weighted by atomic mass is 32.2. The number of sulfonamides is 1. The maximum Gasteiger partial charge on any atom is 0.430 e. The second-order valence-electron chi connectivity index (χ2n) is 9.59. The molecule has 0 spiro atoms. The van der Waals surface area contributed by atoms with Crippen LogP contribution >= 0.6 is 12.2 Å². The molecule has 0 radical (unpaired) electrons. The Kier molecular flexibility index (Phi) is 9.47. The van der Waals surface area contributed by atoms with Crippen molar-refractivity contribution in [1.29, 1.82) is 0 Å². The van der Waals surface area contributed by atoms with Crippen molar-refractivity contribution in [3.63, 3.8) is 0 Å². The third-order valence-electron chi connectivity index (χ3n) is 6.60. The summed E-state index contributed by atoms with van der Waals surface area (Å²) in [6, 6.07) is 2.14. The maximum absolute atomic E-state index is 13.6. The lowest BCUT2D eigenvalue weighted by atomic mass is 9.90. The molecule has 1 atom stereocenters. The molecule has 220 valence electrons. The van der Waals surface area contributed by atoms with Crippen molar-refractivity contribution < 1.29 is 44.6 Å². The van der Waals surface area contributed by atoms with Crippen LogP contribution in [-0.2, 0) is 20.4 Å². The number of anilines is 1. The standard InChI is InChI=1S/C26H28F6N2O4S2/c1-17(2)21(38-3)11-8-18-16-19(24(35,25(27,28)29)26(30,31)32)9-10-20(18)33-12-14-34(15-13-33)40(36,37)23-7-5-4-6-22(23)39/h4-5,7,9-10,16-17,21,35H,6,12-15H2,1-3H3. The van der Waals surface area contributed by atoms with Gasteiger partial charge in [-0.05, 0) is 24.1 Å². The van der Waals surface area contributed by atoms with E-state index in [-0.39, 0.29) is 53.1 Å². The maximum atomic E-state index is 13.6. The number of allylic oxidation sites excluding steroid dienone is 4. The first kappa shape index (κ1) is 32.1. The monoisotopic (exact) mass is 610 g/mol. The summed E-state index contributed by atoms with van der Waals surface area (Å²) in [5.74, 6) is 5.21. The van der Waals surface area contributed by atoms with Crippen LogP contribution in [0.15, 0.2) is 41.3 Å². The first-order valence-corrected chi connectivity index (χ1v) is 14.0. The fraction of sp³-hybridized carbons (Fsp3) is 0.500. The molecule has 0 saturated carbocycles. The number of aliphatic hydroxyl groups is 1. The number of hydrogen-bond donors (Lipinski definition) is 1. The van der Waals surface area contributed by atoms with Gasteiger partial charge >= 0.3 is 12.4 Å². The summed E-state index contributed by atoms with van der Waals surface area (Å²) in [5, 5.41) is 9.93. The van der Waals surface area contributed by atoms with Crippen molar-refractivity contribution in [3.05, 3.63) is 52.5 Å². The predicted molar refractivity (Wildman–Crippen MR) is 142 cm³/mol. The summed E-state index contributed by atoms with van der Waals surface area (Å²) in [6.45, 7) is 3.67. The van der Waals surface area contributed by atoms with Gasteiger partial charge in [-0.3, -0.25) is 0 Å². The molecule has 1 aliphatic heterocycles. The Morgan fingerprint density at radius 1 is 1.05 bits per heavy atom. The highest BCUT2D eigenvalue weighted by molar-refractivity contribution is 7.96. The quantitative estimate of drug-likeness (QED) is 0.287. The zero-order chi connectivity index (χ0) is 30.1. The number of halogens is 6. The number of rotatable bonds is 6. The predicted octanol–water partition coefficient (Wildman–Crippen LogP) is 4.69. The van der Waals surface area contributed by atoms with Gasteiger partial charge in [-0.25, -0.2) is 8.42 Å². The molecule has 1 N–H and O–H groups in total. The van der Waals surface area contributed by atoms with Crippen molar-refractivity contribution in [2.24, 2.45) is 5.92 Å².